The molecule has 0 aromatic carbocycles. The maximum Gasteiger partial charge on any atom is 0.169 e. The van der Waals surface area contributed by atoms with Gasteiger partial charge in [-0.2, -0.15) is 0 Å². The molecular weight excluding hydrogens is 188 g/mol. The Morgan fingerprint density at radius 2 is 2.27 bits per heavy atom. The highest BCUT2D eigenvalue weighted by molar-refractivity contribution is 5.97. The molecule has 1 aromatic rings. The van der Waals surface area contributed by atoms with Gasteiger partial charge < -0.3 is 4.42 Å². The van der Waals surface area contributed by atoms with Crippen molar-refractivity contribution in [3.8, 4) is 0 Å². The van der Waals surface area contributed by atoms with Crippen molar-refractivity contribution in [2.45, 2.75) is 39.5 Å². The molecule has 0 bridgehead atoms. The third kappa shape index (κ3) is 2.31. The maximum atomic E-state index is 12.1. The Balaban J connectivity index is 2.07. The fourth-order valence-electron chi connectivity index (χ4n) is 2.48. The van der Waals surface area contributed by atoms with Crippen LogP contribution in [0, 0.1) is 18.8 Å². The van der Waals surface area contributed by atoms with Gasteiger partial charge in [0.1, 0.15) is 12.0 Å². The molecular formula is C13H18O2. The summed E-state index contributed by atoms with van der Waals surface area (Å²) in [6, 6.07) is 1.85. The monoisotopic (exact) mass is 206 g/mol. The van der Waals surface area contributed by atoms with Gasteiger partial charge in [-0.1, -0.05) is 19.8 Å². The van der Waals surface area contributed by atoms with Crippen molar-refractivity contribution >= 4 is 5.78 Å². The van der Waals surface area contributed by atoms with Gasteiger partial charge in [-0.15, -0.1) is 0 Å². The summed E-state index contributed by atoms with van der Waals surface area (Å²) < 4.78 is 5.18. The number of rotatable bonds is 2. The van der Waals surface area contributed by atoms with Crippen molar-refractivity contribution in [1.82, 2.24) is 0 Å². The second-order valence-corrected chi connectivity index (χ2v) is 4.78. The van der Waals surface area contributed by atoms with Crippen LogP contribution in [0.3, 0.4) is 0 Å². The van der Waals surface area contributed by atoms with Crippen LogP contribution in [0.25, 0.3) is 0 Å². The molecule has 0 amide bonds. The number of Topliss-reactive ketones (excluding diaryl/α,β-unsaturated/α-hetero) is 1. The highest BCUT2D eigenvalue weighted by Gasteiger charge is 2.26. The second kappa shape index (κ2) is 4.21. The van der Waals surface area contributed by atoms with E-state index in [0.717, 1.165) is 24.2 Å². The molecule has 2 atom stereocenters. The number of carbonyl (C=O) groups excluding carboxylic acids is 1. The summed E-state index contributed by atoms with van der Waals surface area (Å²) in [7, 11) is 0. The summed E-state index contributed by atoms with van der Waals surface area (Å²) in [6.45, 7) is 4.11. The summed E-state index contributed by atoms with van der Waals surface area (Å²) in [5.74, 6) is 2.02. The zero-order chi connectivity index (χ0) is 10.8. The van der Waals surface area contributed by atoms with Gasteiger partial charge in [0.25, 0.3) is 0 Å². The van der Waals surface area contributed by atoms with Gasteiger partial charge >= 0.3 is 0 Å². The number of carbonyl (C=O) groups is 1. The van der Waals surface area contributed by atoms with Gasteiger partial charge in [0.2, 0.25) is 0 Å². The third-order valence-electron chi connectivity index (χ3n) is 3.32. The fourth-order valence-corrected chi connectivity index (χ4v) is 2.48. The Morgan fingerprint density at radius 3 is 2.87 bits per heavy atom. The summed E-state index contributed by atoms with van der Waals surface area (Å²) in [4.78, 5) is 12.1. The molecule has 2 rings (SSSR count). The fraction of sp³-hybridized carbons (Fsp3) is 0.615. The molecule has 2 heteroatoms. The quantitative estimate of drug-likeness (QED) is 0.692. The van der Waals surface area contributed by atoms with E-state index in [-0.39, 0.29) is 11.7 Å². The lowest BCUT2D eigenvalue weighted by atomic mass is 9.79. The van der Waals surface area contributed by atoms with Gasteiger partial charge in [0, 0.05) is 5.92 Å². The molecule has 0 N–H and O–H groups in total. The molecule has 2 unspecified atom stereocenters. The molecule has 1 aromatic heterocycles. The molecule has 1 aliphatic carbocycles. The van der Waals surface area contributed by atoms with Crippen molar-refractivity contribution in [1.29, 1.82) is 0 Å². The van der Waals surface area contributed by atoms with Crippen molar-refractivity contribution in [3.63, 3.8) is 0 Å². The minimum absolute atomic E-state index is 0.228. The Bertz CT molecular complexity index is 351. The van der Waals surface area contributed by atoms with Crippen molar-refractivity contribution in [2.24, 2.45) is 11.8 Å². The second-order valence-electron chi connectivity index (χ2n) is 4.78. The predicted octanol–water partition coefficient (Wildman–Crippen LogP) is 3.60. The van der Waals surface area contributed by atoms with Gasteiger partial charge in [-0.3, -0.25) is 4.79 Å². The smallest absolute Gasteiger partial charge is 0.169 e. The average molecular weight is 206 g/mol. The molecule has 82 valence electrons. The molecule has 0 spiro atoms. The van der Waals surface area contributed by atoms with E-state index in [4.69, 9.17) is 4.42 Å². The Labute approximate surface area is 90.7 Å². The van der Waals surface area contributed by atoms with Gasteiger partial charge in [0.15, 0.2) is 5.78 Å². The topological polar surface area (TPSA) is 30.2 Å². The first kappa shape index (κ1) is 10.5. The van der Waals surface area contributed by atoms with Crippen LogP contribution in [0.15, 0.2) is 16.7 Å². The van der Waals surface area contributed by atoms with Crippen molar-refractivity contribution < 1.29 is 9.21 Å². The van der Waals surface area contributed by atoms with E-state index in [1.165, 1.54) is 12.8 Å². The molecule has 2 nitrogen and oxygen atoms in total. The van der Waals surface area contributed by atoms with Crippen LogP contribution in [-0.2, 0) is 0 Å². The van der Waals surface area contributed by atoms with Crippen molar-refractivity contribution in [2.75, 3.05) is 0 Å². The van der Waals surface area contributed by atoms with E-state index in [9.17, 15) is 4.79 Å². The van der Waals surface area contributed by atoms with Crippen LogP contribution in [-0.4, -0.2) is 5.78 Å². The largest absolute Gasteiger partial charge is 0.469 e. The number of aryl methyl sites for hydroxylation is 1. The Kier molecular flexibility index (Phi) is 2.94. The van der Waals surface area contributed by atoms with E-state index >= 15 is 0 Å². The van der Waals surface area contributed by atoms with Crippen LogP contribution in [0.4, 0.5) is 0 Å². The van der Waals surface area contributed by atoms with Gasteiger partial charge in [-0.05, 0) is 31.7 Å². The first-order valence-electron chi connectivity index (χ1n) is 5.76. The first-order valence-corrected chi connectivity index (χ1v) is 5.76. The standard InChI is InChI=1S/C13H18O2/c1-9-4-3-5-11(6-9)13(14)12-7-10(2)15-8-12/h7-9,11H,3-6H2,1-2H3. The van der Waals surface area contributed by atoms with E-state index in [1.807, 2.05) is 13.0 Å². The molecule has 1 heterocycles. The van der Waals surface area contributed by atoms with E-state index < -0.39 is 0 Å². The minimum Gasteiger partial charge on any atom is -0.469 e. The summed E-state index contributed by atoms with van der Waals surface area (Å²) in [5, 5.41) is 0. The molecule has 0 saturated heterocycles. The molecule has 0 radical (unpaired) electrons. The van der Waals surface area contributed by atoms with Crippen LogP contribution in [0.1, 0.15) is 48.7 Å². The maximum absolute atomic E-state index is 12.1. The summed E-state index contributed by atoms with van der Waals surface area (Å²) >= 11 is 0. The van der Waals surface area contributed by atoms with E-state index in [1.54, 1.807) is 6.26 Å². The lowest BCUT2D eigenvalue weighted by Gasteiger charge is -2.25. The summed E-state index contributed by atoms with van der Waals surface area (Å²) in [6.07, 6.45) is 6.15. The zero-order valence-electron chi connectivity index (χ0n) is 9.45. The van der Waals surface area contributed by atoms with Gasteiger partial charge in [0.05, 0.1) is 5.56 Å². The molecule has 1 aliphatic rings. The number of ketones is 1. The minimum atomic E-state index is 0.228. The zero-order valence-corrected chi connectivity index (χ0v) is 9.45. The Morgan fingerprint density at radius 1 is 1.47 bits per heavy atom. The molecule has 1 fully saturated rings. The predicted molar refractivity (Wildman–Crippen MR) is 58.9 cm³/mol. The molecule has 1 saturated carbocycles. The normalized spacial score (nSPS) is 26.5. The van der Waals surface area contributed by atoms with Crippen LogP contribution in [0.5, 0.6) is 0 Å². The number of hydrogen-bond donors (Lipinski definition) is 0. The average Bonchev–Trinajstić information content (AvgIpc) is 2.64. The SMILES string of the molecule is Cc1cc(C(=O)C2CCCC(C)C2)co1. The lowest BCUT2D eigenvalue weighted by Crippen LogP contribution is -2.21. The number of furan rings is 1. The highest BCUT2D eigenvalue weighted by Crippen LogP contribution is 2.31. The molecule has 0 aliphatic heterocycles. The first-order chi connectivity index (χ1) is 7.16. The van der Waals surface area contributed by atoms with Gasteiger partial charge in [-0.25, -0.2) is 0 Å². The number of hydrogen-bond acceptors (Lipinski definition) is 2. The highest BCUT2D eigenvalue weighted by atomic mass is 16.3. The van der Waals surface area contributed by atoms with Crippen LogP contribution < -0.4 is 0 Å². The van der Waals surface area contributed by atoms with Crippen molar-refractivity contribution in [3.05, 3.63) is 23.7 Å². The Hall–Kier alpha value is -1.05. The van der Waals surface area contributed by atoms with Crippen LogP contribution >= 0.6 is 0 Å². The lowest BCUT2D eigenvalue weighted by molar-refractivity contribution is 0.0867. The van der Waals surface area contributed by atoms with E-state index in [2.05, 4.69) is 6.92 Å². The molecule has 15 heavy (non-hydrogen) atoms. The third-order valence-corrected chi connectivity index (χ3v) is 3.32. The van der Waals surface area contributed by atoms with Crippen LogP contribution in [0.2, 0.25) is 0 Å². The summed E-state index contributed by atoms with van der Waals surface area (Å²) in [5.41, 5.74) is 0.756. The van der Waals surface area contributed by atoms with E-state index in [0.29, 0.717) is 5.92 Å².